The van der Waals surface area contributed by atoms with Crippen LogP contribution >= 0.6 is 22.9 Å². The molecule has 1 saturated heterocycles. The van der Waals surface area contributed by atoms with Gasteiger partial charge < -0.3 is 4.55 Å². The first-order valence-corrected chi connectivity index (χ1v) is 6.28. The fourth-order valence-corrected chi connectivity index (χ4v) is 2.57. The Hall–Kier alpha value is 0.960. The van der Waals surface area contributed by atoms with Crippen molar-refractivity contribution in [3.63, 3.8) is 0 Å². The van der Waals surface area contributed by atoms with Crippen LogP contribution in [0.15, 0.2) is 0 Å². The first kappa shape index (κ1) is 10.0. The second kappa shape index (κ2) is 4.86. The molecule has 1 fully saturated rings. The van der Waals surface area contributed by atoms with Crippen LogP contribution in [0.1, 0.15) is 12.8 Å². The Labute approximate surface area is 84.7 Å². The summed E-state index contributed by atoms with van der Waals surface area (Å²) in [5, 5.41) is 0. The van der Waals surface area contributed by atoms with Gasteiger partial charge in [-0.25, -0.2) is 0 Å². The SMILES string of the molecule is C[S+]([O-])N1CCC(NI)CC1. The smallest absolute Gasteiger partial charge is 0.115 e. The predicted molar refractivity (Wildman–Crippen MR) is 55.8 cm³/mol. The summed E-state index contributed by atoms with van der Waals surface area (Å²) in [5.74, 6) is 0. The third-order valence-electron chi connectivity index (χ3n) is 1.97. The second-order valence-corrected chi connectivity index (χ2v) is 4.72. The van der Waals surface area contributed by atoms with Crippen molar-refractivity contribution in [2.75, 3.05) is 19.3 Å². The lowest BCUT2D eigenvalue weighted by Crippen LogP contribution is -2.42. The Bertz CT molecular complexity index is 117. The topological polar surface area (TPSA) is 38.3 Å². The molecule has 0 amide bonds. The fourth-order valence-electron chi connectivity index (χ4n) is 1.22. The molecule has 3 nitrogen and oxygen atoms in total. The molecule has 1 heterocycles. The molecule has 11 heavy (non-hydrogen) atoms. The van der Waals surface area contributed by atoms with E-state index in [2.05, 4.69) is 26.4 Å². The summed E-state index contributed by atoms with van der Waals surface area (Å²) >= 11 is 1.42. The third kappa shape index (κ3) is 3.06. The highest BCUT2D eigenvalue weighted by Crippen LogP contribution is 2.13. The number of hydrogen-bond acceptors (Lipinski definition) is 3. The molecular weight excluding hydrogens is 275 g/mol. The van der Waals surface area contributed by atoms with Crippen molar-refractivity contribution < 1.29 is 4.55 Å². The Kier molecular flexibility index (Phi) is 4.44. The summed E-state index contributed by atoms with van der Waals surface area (Å²) in [6.07, 6.45) is 3.98. The van der Waals surface area contributed by atoms with E-state index in [-0.39, 0.29) is 0 Å². The summed E-state index contributed by atoms with van der Waals surface area (Å²) in [5.41, 5.74) is 0. The van der Waals surface area contributed by atoms with Gasteiger partial charge in [0.25, 0.3) is 0 Å². The van der Waals surface area contributed by atoms with Crippen molar-refractivity contribution in [2.24, 2.45) is 0 Å². The van der Waals surface area contributed by atoms with E-state index in [1.165, 1.54) is 0 Å². The van der Waals surface area contributed by atoms with Gasteiger partial charge in [0.15, 0.2) is 0 Å². The van der Waals surface area contributed by atoms with Gasteiger partial charge in [0.1, 0.15) is 6.26 Å². The average Bonchev–Trinajstić information content (AvgIpc) is 2.05. The highest BCUT2D eigenvalue weighted by molar-refractivity contribution is 14.1. The lowest BCUT2D eigenvalue weighted by Gasteiger charge is -2.29. The van der Waals surface area contributed by atoms with Gasteiger partial charge in [-0.05, 0) is 12.8 Å². The van der Waals surface area contributed by atoms with E-state index in [4.69, 9.17) is 0 Å². The summed E-state index contributed by atoms with van der Waals surface area (Å²) < 4.78 is 16.2. The molecule has 0 saturated carbocycles. The quantitative estimate of drug-likeness (QED) is 0.461. The fraction of sp³-hybridized carbons (Fsp3) is 1.00. The van der Waals surface area contributed by atoms with Crippen LogP contribution in [0.4, 0.5) is 0 Å². The van der Waals surface area contributed by atoms with Crippen LogP contribution in [0.5, 0.6) is 0 Å². The number of hydrogen-bond donors (Lipinski definition) is 1. The van der Waals surface area contributed by atoms with Crippen molar-refractivity contribution in [3.8, 4) is 0 Å². The zero-order valence-electron chi connectivity index (χ0n) is 6.55. The summed E-state index contributed by atoms with van der Waals surface area (Å²) in [6.45, 7) is 1.92. The van der Waals surface area contributed by atoms with Gasteiger partial charge in [0.2, 0.25) is 0 Å². The van der Waals surface area contributed by atoms with Crippen molar-refractivity contribution in [1.82, 2.24) is 7.84 Å². The molecule has 0 aliphatic carbocycles. The Balaban J connectivity index is 2.24. The summed E-state index contributed by atoms with van der Waals surface area (Å²) in [7, 11) is 0. The largest absolute Gasteiger partial charge is 0.598 e. The zero-order chi connectivity index (χ0) is 8.27. The highest BCUT2D eigenvalue weighted by atomic mass is 127. The molecule has 1 rings (SSSR count). The van der Waals surface area contributed by atoms with Crippen LogP contribution < -0.4 is 3.53 Å². The maximum Gasteiger partial charge on any atom is 0.115 e. The lowest BCUT2D eigenvalue weighted by molar-refractivity contribution is 0.316. The lowest BCUT2D eigenvalue weighted by atomic mass is 10.1. The van der Waals surface area contributed by atoms with Crippen molar-refractivity contribution >= 4 is 34.2 Å². The van der Waals surface area contributed by atoms with Gasteiger partial charge >= 0.3 is 0 Å². The Morgan fingerprint density at radius 2 is 2.09 bits per heavy atom. The van der Waals surface area contributed by atoms with Crippen molar-refractivity contribution in [3.05, 3.63) is 0 Å². The zero-order valence-corrected chi connectivity index (χ0v) is 9.52. The predicted octanol–water partition coefficient (Wildman–Crippen LogP) is 0.684. The molecule has 1 aliphatic rings. The molecule has 0 aromatic rings. The number of halogens is 1. The van der Waals surface area contributed by atoms with Crippen LogP contribution in [0.25, 0.3) is 0 Å². The van der Waals surface area contributed by atoms with Crippen LogP contribution in [0, 0.1) is 0 Å². The first-order chi connectivity index (χ1) is 5.24. The molecule has 1 N–H and O–H groups in total. The minimum atomic E-state index is -0.766. The van der Waals surface area contributed by atoms with Crippen LogP contribution in [-0.4, -0.2) is 34.2 Å². The van der Waals surface area contributed by atoms with Crippen LogP contribution in [0.3, 0.4) is 0 Å². The number of rotatable bonds is 2. The van der Waals surface area contributed by atoms with Gasteiger partial charge in [0, 0.05) is 53.4 Å². The Morgan fingerprint density at radius 3 is 2.45 bits per heavy atom. The van der Waals surface area contributed by atoms with Gasteiger partial charge in [0.05, 0.1) is 0 Å². The van der Waals surface area contributed by atoms with Gasteiger partial charge in [-0.3, -0.25) is 3.53 Å². The first-order valence-electron chi connectivity index (χ1n) is 3.68. The molecule has 0 spiro atoms. The maximum atomic E-state index is 11.0. The van der Waals surface area contributed by atoms with E-state index in [1.807, 2.05) is 4.31 Å². The molecule has 0 radical (unpaired) electrons. The maximum absolute atomic E-state index is 11.0. The van der Waals surface area contributed by atoms with Crippen LogP contribution in [-0.2, 0) is 11.4 Å². The number of nitrogens with zero attached hydrogens (tertiary/aromatic N) is 1. The molecule has 0 aromatic carbocycles. The molecule has 66 valence electrons. The molecule has 5 heteroatoms. The minimum Gasteiger partial charge on any atom is -0.598 e. The average molecular weight is 288 g/mol. The monoisotopic (exact) mass is 288 g/mol. The molecule has 1 aliphatic heterocycles. The summed E-state index contributed by atoms with van der Waals surface area (Å²) in [6, 6.07) is 0.621. The van der Waals surface area contributed by atoms with E-state index in [0.29, 0.717) is 6.04 Å². The van der Waals surface area contributed by atoms with Gasteiger partial charge in [-0.2, -0.15) is 0 Å². The van der Waals surface area contributed by atoms with Crippen molar-refractivity contribution in [1.29, 1.82) is 0 Å². The minimum absolute atomic E-state index is 0.621. The van der Waals surface area contributed by atoms with Crippen LogP contribution in [0.2, 0.25) is 0 Å². The summed E-state index contributed by atoms with van der Waals surface area (Å²) in [4.78, 5) is 0. The highest BCUT2D eigenvalue weighted by Gasteiger charge is 2.23. The Morgan fingerprint density at radius 1 is 1.55 bits per heavy atom. The third-order valence-corrected chi connectivity index (χ3v) is 3.94. The second-order valence-electron chi connectivity index (χ2n) is 2.74. The number of nitrogens with one attached hydrogen (secondary N) is 1. The molecule has 1 unspecified atom stereocenters. The standard InChI is InChI=1S/C6H13IN2OS/c1-11(10)9-4-2-6(8-7)3-5-9/h6,8H,2-5H2,1H3. The van der Waals surface area contributed by atoms with E-state index in [9.17, 15) is 4.55 Å². The molecule has 0 aromatic heterocycles. The van der Waals surface area contributed by atoms with Gasteiger partial charge in [-0.15, -0.1) is 4.31 Å². The molecule has 1 atom stereocenters. The molecule has 0 bridgehead atoms. The van der Waals surface area contributed by atoms with Crippen molar-refractivity contribution in [2.45, 2.75) is 18.9 Å². The van der Waals surface area contributed by atoms with E-state index in [1.54, 1.807) is 6.26 Å². The number of piperidine rings is 1. The van der Waals surface area contributed by atoms with E-state index >= 15 is 0 Å². The van der Waals surface area contributed by atoms with E-state index in [0.717, 1.165) is 25.9 Å². The van der Waals surface area contributed by atoms with E-state index < -0.39 is 11.4 Å². The molecular formula is C6H13IN2OS. The normalized spacial score (nSPS) is 25.4. The van der Waals surface area contributed by atoms with Gasteiger partial charge in [-0.1, -0.05) is 0 Å².